The second kappa shape index (κ2) is 29.8. The summed E-state index contributed by atoms with van der Waals surface area (Å²) >= 11 is 0. The zero-order chi connectivity index (χ0) is 22.8. The number of aliphatic hydroxyl groups is 8. The average Bonchev–Trinajstić information content (AvgIpc) is 3.04. The van der Waals surface area contributed by atoms with Gasteiger partial charge in [-0.05, 0) is 0 Å². The number of imide groups is 1. The van der Waals surface area contributed by atoms with E-state index in [0.29, 0.717) is 0 Å². The van der Waals surface area contributed by atoms with E-state index in [1.54, 1.807) is 0 Å². The van der Waals surface area contributed by atoms with Crippen molar-refractivity contribution in [3.05, 3.63) is 12.2 Å². The van der Waals surface area contributed by atoms with Gasteiger partial charge in [-0.1, -0.05) is 0 Å². The first-order valence-corrected chi connectivity index (χ1v) is 7.96. The SMILES string of the molecule is NC(=O)CCN1C(=O)C=CC1=O.OCCO.OCCO.OCCO.OCCO. The Morgan fingerprint density at radius 3 is 1.11 bits per heavy atom. The molecule has 1 aliphatic rings. The lowest BCUT2D eigenvalue weighted by Crippen LogP contribution is -2.33. The topological polar surface area (TPSA) is 242 Å². The van der Waals surface area contributed by atoms with Gasteiger partial charge in [-0.25, -0.2) is 0 Å². The molecule has 0 unspecified atom stereocenters. The first-order chi connectivity index (χ1) is 13.3. The van der Waals surface area contributed by atoms with Crippen molar-refractivity contribution >= 4 is 17.7 Å². The summed E-state index contributed by atoms with van der Waals surface area (Å²) in [6, 6.07) is 0. The third kappa shape index (κ3) is 31.8. The van der Waals surface area contributed by atoms with E-state index in [-0.39, 0.29) is 77.6 Å². The molecule has 0 aromatic heterocycles. The molecule has 10 N–H and O–H groups in total. The number of amides is 3. The fourth-order valence-electron chi connectivity index (χ4n) is 0.874. The van der Waals surface area contributed by atoms with Crippen molar-refractivity contribution in [3.8, 4) is 0 Å². The van der Waals surface area contributed by atoms with Gasteiger partial charge in [0, 0.05) is 25.1 Å². The van der Waals surface area contributed by atoms with E-state index < -0.39 is 5.91 Å². The van der Waals surface area contributed by atoms with Crippen molar-refractivity contribution in [1.29, 1.82) is 0 Å². The third-order valence-corrected chi connectivity index (χ3v) is 1.88. The van der Waals surface area contributed by atoms with E-state index in [1.807, 2.05) is 0 Å². The maximum Gasteiger partial charge on any atom is 0.253 e. The van der Waals surface area contributed by atoms with Crippen LogP contribution in [-0.4, -0.2) is 123 Å². The van der Waals surface area contributed by atoms with E-state index in [9.17, 15) is 14.4 Å². The molecule has 0 aromatic rings. The summed E-state index contributed by atoms with van der Waals surface area (Å²) in [5, 5.41) is 61.0. The van der Waals surface area contributed by atoms with Crippen LogP contribution in [0.3, 0.4) is 0 Å². The number of carbonyl (C=O) groups is 3. The molecule has 0 aromatic carbocycles. The molecule has 0 fully saturated rings. The number of hydrogen-bond acceptors (Lipinski definition) is 11. The number of nitrogens with zero attached hydrogens (tertiary/aromatic N) is 1. The van der Waals surface area contributed by atoms with Crippen LogP contribution in [-0.2, 0) is 14.4 Å². The van der Waals surface area contributed by atoms with Crippen LogP contribution in [0.2, 0.25) is 0 Å². The van der Waals surface area contributed by atoms with Gasteiger partial charge in [-0.2, -0.15) is 0 Å². The van der Waals surface area contributed by atoms with Gasteiger partial charge in [0.05, 0.1) is 52.9 Å². The maximum atomic E-state index is 10.9. The van der Waals surface area contributed by atoms with Crippen LogP contribution in [0.4, 0.5) is 0 Å². The number of rotatable bonds is 7. The molecule has 3 amide bonds. The zero-order valence-electron chi connectivity index (χ0n) is 15.6. The van der Waals surface area contributed by atoms with Crippen molar-refractivity contribution in [2.75, 3.05) is 59.4 Å². The summed E-state index contributed by atoms with van der Waals surface area (Å²) in [5.74, 6) is -1.30. The highest BCUT2D eigenvalue weighted by Gasteiger charge is 2.22. The molecule has 0 atom stereocenters. The summed E-state index contributed by atoms with van der Waals surface area (Å²) in [7, 11) is 0. The van der Waals surface area contributed by atoms with Gasteiger partial charge < -0.3 is 46.6 Å². The van der Waals surface area contributed by atoms with Crippen LogP contribution in [0, 0.1) is 0 Å². The Morgan fingerprint density at radius 1 is 0.679 bits per heavy atom. The Balaban J connectivity index is -0.000000150. The molecule has 0 saturated heterocycles. The van der Waals surface area contributed by atoms with E-state index in [1.165, 1.54) is 12.2 Å². The number of primary amides is 1. The first-order valence-electron chi connectivity index (χ1n) is 7.96. The second-order valence-corrected chi connectivity index (χ2v) is 4.17. The molecule has 1 aliphatic heterocycles. The van der Waals surface area contributed by atoms with Crippen molar-refractivity contribution in [2.24, 2.45) is 5.73 Å². The molecule has 1 heterocycles. The van der Waals surface area contributed by atoms with Crippen LogP contribution in [0.5, 0.6) is 0 Å². The van der Waals surface area contributed by atoms with Crippen LogP contribution in [0.25, 0.3) is 0 Å². The van der Waals surface area contributed by atoms with Gasteiger partial charge in [0.15, 0.2) is 0 Å². The summed E-state index contributed by atoms with van der Waals surface area (Å²) in [6.07, 6.45) is 2.35. The standard InChI is InChI=1S/C7H8N2O3.4C2H6O2/c8-5(10)3-4-9-6(11)1-2-7(9)12;4*3-1-2-4/h1-2H,3-4H2,(H2,8,10);4*3-4H,1-2H2. The van der Waals surface area contributed by atoms with Crippen LogP contribution < -0.4 is 5.73 Å². The van der Waals surface area contributed by atoms with E-state index in [4.69, 9.17) is 46.6 Å². The molecule has 168 valence electrons. The zero-order valence-corrected chi connectivity index (χ0v) is 15.6. The molecule has 13 nitrogen and oxygen atoms in total. The van der Waals surface area contributed by atoms with Gasteiger partial charge in [-0.15, -0.1) is 0 Å². The molecule has 0 radical (unpaired) electrons. The Labute approximate surface area is 162 Å². The molecular formula is C15H32N2O11. The summed E-state index contributed by atoms with van der Waals surface area (Å²) in [6.45, 7) is -0.931. The lowest BCUT2D eigenvalue weighted by Gasteiger charge is -2.11. The minimum Gasteiger partial charge on any atom is -0.394 e. The molecular weight excluding hydrogens is 384 g/mol. The second-order valence-electron chi connectivity index (χ2n) is 4.17. The quantitative estimate of drug-likeness (QED) is 0.177. The summed E-state index contributed by atoms with van der Waals surface area (Å²) < 4.78 is 0. The molecule has 0 aliphatic carbocycles. The molecule has 0 saturated carbocycles. The van der Waals surface area contributed by atoms with E-state index >= 15 is 0 Å². The summed E-state index contributed by atoms with van der Waals surface area (Å²) in [5.41, 5.74) is 4.85. The fourth-order valence-corrected chi connectivity index (χ4v) is 0.874. The predicted molar refractivity (Wildman–Crippen MR) is 96.4 cm³/mol. The van der Waals surface area contributed by atoms with Crippen LogP contribution >= 0.6 is 0 Å². The average molecular weight is 416 g/mol. The van der Waals surface area contributed by atoms with Crippen molar-refractivity contribution in [2.45, 2.75) is 6.42 Å². The van der Waals surface area contributed by atoms with Gasteiger partial charge in [-0.3, -0.25) is 19.3 Å². The highest BCUT2D eigenvalue weighted by atomic mass is 16.3. The van der Waals surface area contributed by atoms with Gasteiger partial charge in [0.25, 0.3) is 11.8 Å². The van der Waals surface area contributed by atoms with E-state index in [2.05, 4.69) is 0 Å². The van der Waals surface area contributed by atoms with Crippen LogP contribution in [0.1, 0.15) is 6.42 Å². The van der Waals surface area contributed by atoms with Crippen molar-refractivity contribution in [1.82, 2.24) is 4.90 Å². The molecule has 1 rings (SSSR count). The number of aliphatic hydroxyl groups excluding tert-OH is 8. The number of hydrogen-bond donors (Lipinski definition) is 9. The maximum absolute atomic E-state index is 10.9. The Bertz CT molecular complexity index is 350. The van der Waals surface area contributed by atoms with Crippen LogP contribution in [0.15, 0.2) is 12.2 Å². The third-order valence-electron chi connectivity index (χ3n) is 1.88. The monoisotopic (exact) mass is 416 g/mol. The minimum atomic E-state index is -0.525. The lowest BCUT2D eigenvalue weighted by atomic mass is 10.4. The Kier molecular flexibility index (Phi) is 35.7. The summed E-state index contributed by atoms with van der Waals surface area (Å²) in [4.78, 5) is 33.0. The highest BCUT2D eigenvalue weighted by Crippen LogP contribution is 2.03. The Hall–Kier alpha value is -1.97. The first kappa shape index (κ1) is 33.6. The number of carbonyl (C=O) groups excluding carboxylic acids is 3. The largest absolute Gasteiger partial charge is 0.394 e. The fraction of sp³-hybridized carbons (Fsp3) is 0.667. The van der Waals surface area contributed by atoms with Gasteiger partial charge in [0.2, 0.25) is 5.91 Å². The smallest absolute Gasteiger partial charge is 0.253 e. The van der Waals surface area contributed by atoms with Gasteiger partial charge >= 0.3 is 0 Å². The normalized spacial score (nSPS) is 11.1. The molecule has 13 heteroatoms. The van der Waals surface area contributed by atoms with Crippen molar-refractivity contribution < 1.29 is 55.2 Å². The Morgan fingerprint density at radius 2 is 0.929 bits per heavy atom. The minimum absolute atomic E-state index is 0.0131. The predicted octanol–water partition coefficient (Wildman–Crippen LogP) is -5.33. The van der Waals surface area contributed by atoms with Gasteiger partial charge in [0.1, 0.15) is 0 Å². The highest BCUT2D eigenvalue weighted by molar-refractivity contribution is 6.13. The van der Waals surface area contributed by atoms with E-state index in [0.717, 1.165) is 4.90 Å². The lowest BCUT2D eigenvalue weighted by molar-refractivity contribution is -0.137. The molecule has 0 bridgehead atoms. The molecule has 0 spiro atoms. The number of nitrogens with two attached hydrogens (primary N) is 1. The molecule has 28 heavy (non-hydrogen) atoms. The van der Waals surface area contributed by atoms with Crippen molar-refractivity contribution in [3.63, 3.8) is 0 Å².